The Labute approximate surface area is 387 Å². The fraction of sp³-hybridized carbons (Fsp3) is 0. The Morgan fingerprint density at radius 3 is 1.53 bits per heavy atom. The molecule has 0 fully saturated rings. The number of benzene rings is 12. The van der Waals surface area contributed by atoms with E-state index in [9.17, 15) is 0 Å². The molecular formula is C64H41NS. The van der Waals surface area contributed by atoms with Crippen molar-refractivity contribution in [3.05, 3.63) is 249 Å². The Morgan fingerprint density at radius 1 is 0.258 bits per heavy atom. The molecule has 0 aliphatic rings. The maximum absolute atomic E-state index is 2.46. The number of hydrogen-bond donors (Lipinski definition) is 0. The van der Waals surface area contributed by atoms with Crippen molar-refractivity contribution < 1.29 is 0 Å². The number of fused-ring (bicyclic) bond motifs is 9. The number of nitrogens with zero attached hydrogens (tertiary/aromatic N) is 1. The van der Waals surface area contributed by atoms with Gasteiger partial charge >= 0.3 is 0 Å². The van der Waals surface area contributed by atoms with Crippen LogP contribution in [0.4, 0.5) is 17.1 Å². The Kier molecular flexibility index (Phi) is 9.11. The van der Waals surface area contributed by atoms with E-state index >= 15 is 0 Å². The predicted molar refractivity (Wildman–Crippen MR) is 286 cm³/mol. The molecule has 12 aromatic carbocycles. The topological polar surface area (TPSA) is 3.24 Å². The van der Waals surface area contributed by atoms with E-state index in [4.69, 9.17) is 0 Å². The van der Waals surface area contributed by atoms with Crippen LogP contribution in [-0.4, -0.2) is 0 Å². The molecule has 13 aromatic rings. The lowest BCUT2D eigenvalue weighted by molar-refractivity contribution is 1.29. The molecule has 0 aliphatic heterocycles. The van der Waals surface area contributed by atoms with Gasteiger partial charge in [0.25, 0.3) is 0 Å². The second-order valence-corrected chi connectivity index (χ2v) is 18.2. The van der Waals surface area contributed by atoms with Crippen molar-refractivity contribution in [2.75, 3.05) is 4.90 Å². The van der Waals surface area contributed by atoms with Gasteiger partial charge in [-0.15, -0.1) is 11.3 Å². The van der Waals surface area contributed by atoms with Crippen molar-refractivity contribution in [2.24, 2.45) is 0 Å². The molecule has 13 rings (SSSR count). The highest BCUT2D eigenvalue weighted by atomic mass is 32.1. The molecule has 1 aromatic heterocycles. The summed E-state index contributed by atoms with van der Waals surface area (Å²) in [6, 6.07) is 91.6. The Morgan fingerprint density at radius 2 is 0.773 bits per heavy atom. The van der Waals surface area contributed by atoms with Crippen LogP contribution in [0.3, 0.4) is 0 Å². The van der Waals surface area contributed by atoms with Gasteiger partial charge < -0.3 is 4.90 Å². The minimum Gasteiger partial charge on any atom is -0.310 e. The van der Waals surface area contributed by atoms with E-state index in [2.05, 4.69) is 254 Å². The summed E-state index contributed by atoms with van der Waals surface area (Å²) >= 11 is 1.86. The fourth-order valence-corrected chi connectivity index (χ4v) is 11.6. The van der Waals surface area contributed by atoms with E-state index in [-0.39, 0.29) is 0 Å². The molecule has 0 saturated heterocycles. The quantitative estimate of drug-likeness (QED) is 0.144. The van der Waals surface area contributed by atoms with Crippen LogP contribution in [0.1, 0.15) is 0 Å². The smallest absolute Gasteiger partial charge is 0.0540 e. The number of hydrogen-bond acceptors (Lipinski definition) is 2. The third-order valence-electron chi connectivity index (χ3n) is 13.4. The van der Waals surface area contributed by atoms with Gasteiger partial charge in [0.1, 0.15) is 0 Å². The zero-order valence-electron chi connectivity index (χ0n) is 36.0. The second-order valence-electron chi connectivity index (χ2n) is 17.2. The van der Waals surface area contributed by atoms with Crippen LogP contribution in [0, 0.1) is 0 Å². The van der Waals surface area contributed by atoms with Gasteiger partial charge in [0, 0.05) is 37.1 Å². The van der Waals surface area contributed by atoms with Gasteiger partial charge in [-0.25, -0.2) is 0 Å². The van der Waals surface area contributed by atoms with Crippen LogP contribution in [0.5, 0.6) is 0 Å². The van der Waals surface area contributed by atoms with Crippen molar-refractivity contribution in [3.8, 4) is 44.5 Å². The molecule has 0 bridgehead atoms. The highest BCUT2D eigenvalue weighted by Crippen LogP contribution is 2.48. The molecule has 66 heavy (non-hydrogen) atoms. The predicted octanol–water partition coefficient (Wildman–Crippen LogP) is 18.8. The van der Waals surface area contributed by atoms with Crippen LogP contribution in [-0.2, 0) is 0 Å². The van der Waals surface area contributed by atoms with E-state index < -0.39 is 0 Å². The number of rotatable bonds is 7. The largest absolute Gasteiger partial charge is 0.310 e. The van der Waals surface area contributed by atoms with Crippen LogP contribution >= 0.6 is 11.3 Å². The van der Waals surface area contributed by atoms with E-state index in [1.807, 2.05) is 11.3 Å². The molecule has 1 nitrogen and oxygen atoms in total. The molecule has 2 heteroatoms. The summed E-state index contributed by atoms with van der Waals surface area (Å²) in [4.78, 5) is 2.46. The highest BCUT2D eigenvalue weighted by Gasteiger charge is 2.22. The zero-order valence-corrected chi connectivity index (χ0v) is 36.8. The van der Waals surface area contributed by atoms with Crippen molar-refractivity contribution in [3.63, 3.8) is 0 Å². The average Bonchev–Trinajstić information content (AvgIpc) is 3.77. The molecule has 0 unspecified atom stereocenters. The molecule has 308 valence electrons. The first-order valence-electron chi connectivity index (χ1n) is 22.7. The lowest BCUT2D eigenvalue weighted by Gasteiger charge is -2.28. The summed E-state index contributed by atoms with van der Waals surface area (Å²) in [7, 11) is 0. The van der Waals surface area contributed by atoms with Crippen LogP contribution in [0.2, 0.25) is 0 Å². The van der Waals surface area contributed by atoms with Gasteiger partial charge in [0.2, 0.25) is 0 Å². The minimum absolute atomic E-state index is 1.10. The summed E-state index contributed by atoms with van der Waals surface area (Å²) in [5.41, 5.74) is 13.0. The van der Waals surface area contributed by atoms with Gasteiger partial charge in [0.05, 0.1) is 5.69 Å². The molecule has 0 spiro atoms. The number of anilines is 3. The van der Waals surface area contributed by atoms with Crippen molar-refractivity contribution in [2.45, 2.75) is 0 Å². The van der Waals surface area contributed by atoms with Crippen LogP contribution in [0.25, 0.3) is 108 Å². The number of para-hydroxylation sites is 1. The first-order valence-corrected chi connectivity index (χ1v) is 23.5. The van der Waals surface area contributed by atoms with Gasteiger partial charge in [0.15, 0.2) is 0 Å². The molecular weight excluding hydrogens is 815 g/mol. The monoisotopic (exact) mass is 855 g/mol. The zero-order chi connectivity index (χ0) is 43.6. The molecule has 0 radical (unpaired) electrons. The SMILES string of the molecule is c1ccc(-c2c(-c3ccccc3)c3cc(-c4ccccc4N(c4ccc(-c5cc6ccccc6c6ccccc56)cc4)c4ccc5c(c4)sc4ccccc45)ccc3c3ccccc23)cc1. The Hall–Kier alpha value is -8.30. The van der Waals surface area contributed by atoms with E-state index in [1.54, 1.807) is 0 Å². The lowest BCUT2D eigenvalue weighted by Crippen LogP contribution is -2.11. The Balaban J connectivity index is 1.03. The summed E-state index contributed by atoms with van der Waals surface area (Å²) in [6.45, 7) is 0. The molecule has 0 aliphatic carbocycles. The highest BCUT2D eigenvalue weighted by molar-refractivity contribution is 7.25. The number of thiophene rings is 1. The van der Waals surface area contributed by atoms with Crippen molar-refractivity contribution >= 4 is 91.7 Å². The molecule has 0 amide bonds. The van der Waals surface area contributed by atoms with E-state index in [1.165, 1.54) is 96.6 Å². The molecule has 0 N–H and O–H groups in total. The van der Waals surface area contributed by atoms with Crippen molar-refractivity contribution in [1.29, 1.82) is 0 Å². The third kappa shape index (κ3) is 6.30. The van der Waals surface area contributed by atoms with Gasteiger partial charge in [-0.2, -0.15) is 0 Å². The summed E-state index contributed by atoms with van der Waals surface area (Å²) < 4.78 is 2.57. The third-order valence-corrected chi connectivity index (χ3v) is 14.6. The van der Waals surface area contributed by atoms with Gasteiger partial charge in [-0.1, -0.05) is 200 Å². The van der Waals surface area contributed by atoms with Crippen LogP contribution in [0.15, 0.2) is 249 Å². The lowest BCUT2D eigenvalue weighted by atomic mass is 9.84. The van der Waals surface area contributed by atoms with E-state index in [0.29, 0.717) is 0 Å². The first kappa shape index (κ1) is 38.2. The summed E-state index contributed by atoms with van der Waals surface area (Å²) in [6.07, 6.45) is 0. The molecule has 1 heterocycles. The van der Waals surface area contributed by atoms with Gasteiger partial charge in [-0.05, 0) is 131 Å². The van der Waals surface area contributed by atoms with Crippen LogP contribution < -0.4 is 4.90 Å². The average molecular weight is 856 g/mol. The summed E-state index contributed by atoms with van der Waals surface area (Å²) in [5, 5.41) is 12.6. The minimum atomic E-state index is 1.10. The Bertz CT molecular complexity index is 3980. The maximum Gasteiger partial charge on any atom is 0.0540 e. The maximum atomic E-state index is 2.46. The van der Waals surface area contributed by atoms with Gasteiger partial charge in [-0.3, -0.25) is 0 Å². The normalized spacial score (nSPS) is 11.6. The van der Waals surface area contributed by atoms with Crippen molar-refractivity contribution in [1.82, 2.24) is 0 Å². The fourth-order valence-electron chi connectivity index (χ4n) is 10.4. The standard InChI is InChI=1S/C64H41NS/c1-3-17-43(18-4-1)63-57-28-12-11-25-52(57)54-37-33-46(40-59(54)64(63)44-19-5-2-6-20-44)50-23-13-15-29-60(50)65(48-36-38-56-55-27-14-16-30-61(55)66-62(56)41-48)47-34-31-42(32-35-47)58-39-45-21-7-8-22-49(45)51-24-9-10-26-53(51)58/h1-41H. The summed E-state index contributed by atoms with van der Waals surface area (Å²) in [5.74, 6) is 0. The molecule has 0 atom stereocenters. The molecule has 0 saturated carbocycles. The second kappa shape index (κ2) is 15.7. The first-order chi connectivity index (χ1) is 32.7. The van der Waals surface area contributed by atoms with E-state index in [0.717, 1.165) is 28.2 Å².